The van der Waals surface area contributed by atoms with E-state index < -0.39 is 22.0 Å². The second-order valence-corrected chi connectivity index (χ2v) is 7.45. The maximum atomic E-state index is 12.5. The number of carbonyl (C=O) groups is 1. The van der Waals surface area contributed by atoms with Crippen molar-refractivity contribution in [2.45, 2.75) is 17.9 Å². The van der Waals surface area contributed by atoms with Crippen LogP contribution in [-0.2, 0) is 14.8 Å². The van der Waals surface area contributed by atoms with Crippen molar-refractivity contribution >= 4 is 39.4 Å². The van der Waals surface area contributed by atoms with Crippen LogP contribution in [0.3, 0.4) is 0 Å². The molecule has 1 N–H and O–H groups in total. The summed E-state index contributed by atoms with van der Waals surface area (Å²) >= 11 is 7.11. The van der Waals surface area contributed by atoms with Crippen molar-refractivity contribution in [2.24, 2.45) is 0 Å². The molecule has 0 aromatic heterocycles. The van der Waals surface area contributed by atoms with E-state index in [1.165, 1.54) is 17.8 Å². The molecular weight excluding hydrogens is 310 g/mol. The quantitative estimate of drug-likeness (QED) is 0.918. The number of carboxylic acids is 1. The minimum absolute atomic E-state index is 0.0637. The van der Waals surface area contributed by atoms with Crippen molar-refractivity contribution in [3.8, 4) is 0 Å². The minimum Gasteiger partial charge on any atom is -0.480 e. The first-order valence-corrected chi connectivity index (χ1v) is 8.40. The molecule has 1 fully saturated rings. The molecule has 8 heteroatoms. The molecule has 1 aliphatic rings. The zero-order valence-corrected chi connectivity index (χ0v) is 12.4. The van der Waals surface area contributed by atoms with Gasteiger partial charge in [-0.3, -0.25) is 4.79 Å². The third-order valence-corrected chi connectivity index (χ3v) is 6.27. The second-order valence-electron chi connectivity index (χ2n) is 4.16. The Hall–Kier alpha value is -0.760. The van der Waals surface area contributed by atoms with Gasteiger partial charge >= 0.3 is 5.97 Å². The summed E-state index contributed by atoms with van der Waals surface area (Å²) in [4.78, 5) is 11.2. The van der Waals surface area contributed by atoms with Crippen molar-refractivity contribution in [1.29, 1.82) is 0 Å². The Labute approximate surface area is 120 Å². The van der Waals surface area contributed by atoms with Crippen molar-refractivity contribution in [3.05, 3.63) is 28.8 Å². The van der Waals surface area contributed by atoms with Crippen LogP contribution in [0.15, 0.2) is 23.1 Å². The summed E-state index contributed by atoms with van der Waals surface area (Å²) in [5.41, 5.74) is 0.547. The Bertz CT molecular complexity index is 617. The normalized spacial score (nSPS) is 20.6. The first-order valence-electron chi connectivity index (χ1n) is 5.42. The van der Waals surface area contributed by atoms with Crippen LogP contribution in [0.5, 0.6) is 0 Å². The molecule has 1 aliphatic heterocycles. The van der Waals surface area contributed by atoms with Crippen molar-refractivity contribution < 1.29 is 18.3 Å². The number of halogens is 1. The van der Waals surface area contributed by atoms with Crippen LogP contribution in [0, 0.1) is 6.92 Å². The van der Waals surface area contributed by atoms with Gasteiger partial charge in [-0.25, -0.2) is 8.42 Å². The fraction of sp³-hybridized carbons (Fsp3) is 0.364. The van der Waals surface area contributed by atoms with Gasteiger partial charge in [0.15, 0.2) is 0 Å². The predicted molar refractivity (Wildman–Crippen MR) is 74.0 cm³/mol. The third kappa shape index (κ3) is 2.74. The Kier molecular flexibility index (Phi) is 4.10. The lowest BCUT2D eigenvalue weighted by atomic mass is 10.2. The third-order valence-electron chi connectivity index (χ3n) is 2.86. The molecule has 0 unspecified atom stereocenters. The smallest absolute Gasteiger partial charge is 0.322 e. The maximum Gasteiger partial charge on any atom is 0.322 e. The molecule has 0 radical (unpaired) electrons. The van der Waals surface area contributed by atoms with Crippen LogP contribution in [0.2, 0.25) is 5.02 Å². The summed E-state index contributed by atoms with van der Waals surface area (Å²) in [5, 5.41) is 9.38. The average molecular weight is 322 g/mol. The van der Waals surface area contributed by atoms with Crippen LogP contribution in [0.1, 0.15) is 5.56 Å². The molecule has 0 bridgehead atoms. The number of rotatable bonds is 3. The Morgan fingerprint density at radius 1 is 1.53 bits per heavy atom. The number of aryl methyl sites for hydroxylation is 1. The second kappa shape index (κ2) is 5.32. The van der Waals surface area contributed by atoms with E-state index in [0.29, 0.717) is 10.6 Å². The highest BCUT2D eigenvalue weighted by molar-refractivity contribution is 8.00. The molecule has 0 amide bonds. The molecule has 0 aliphatic carbocycles. The lowest BCUT2D eigenvalue weighted by Crippen LogP contribution is -2.41. The first kappa shape index (κ1) is 14.6. The maximum absolute atomic E-state index is 12.5. The number of nitrogens with zero attached hydrogens (tertiary/aromatic N) is 1. The molecule has 1 aromatic carbocycles. The standard InChI is InChI=1S/C11H12ClNO4S2/c1-7-2-3-8(12)4-10(7)19(16,17)13-6-18-5-9(13)11(14)15/h2-4,9H,5-6H2,1H3,(H,14,15)/t9-/m1/s1. The molecule has 1 heterocycles. The van der Waals surface area contributed by atoms with Gasteiger partial charge in [-0.15, -0.1) is 11.8 Å². The van der Waals surface area contributed by atoms with E-state index in [9.17, 15) is 13.2 Å². The SMILES string of the molecule is Cc1ccc(Cl)cc1S(=O)(=O)N1CSC[C@@H]1C(=O)O. The van der Waals surface area contributed by atoms with Gasteiger partial charge in [-0.05, 0) is 24.6 Å². The van der Waals surface area contributed by atoms with Crippen molar-refractivity contribution in [1.82, 2.24) is 4.31 Å². The number of aliphatic carboxylic acids is 1. The summed E-state index contributed by atoms with van der Waals surface area (Å²) in [5.74, 6) is -0.729. The number of thioether (sulfide) groups is 1. The topological polar surface area (TPSA) is 74.7 Å². The van der Waals surface area contributed by atoms with Crippen LogP contribution >= 0.6 is 23.4 Å². The summed E-state index contributed by atoms with van der Waals surface area (Å²) in [6.07, 6.45) is 0. The highest BCUT2D eigenvalue weighted by Crippen LogP contribution is 2.31. The van der Waals surface area contributed by atoms with Gasteiger partial charge in [-0.1, -0.05) is 17.7 Å². The highest BCUT2D eigenvalue weighted by Gasteiger charge is 2.40. The van der Waals surface area contributed by atoms with E-state index in [0.717, 1.165) is 4.31 Å². The largest absolute Gasteiger partial charge is 0.480 e. The van der Waals surface area contributed by atoms with Crippen LogP contribution < -0.4 is 0 Å². The molecule has 0 saturated carbocycles. The molecule has 1 saturated heterocycles. The highest BCUT2D eigenvalue weighted by atomic mass is 35.5. The molecule has 104 valence electrons. The molecule has 1 atom stereocenters. The monoisotopic (exact) mass is 321 g/mol. The molecule has 0 spiro atoms. The summed E-state index contributed by atoms with van der Waals surface area (Å²) in [7, 11) is -3.84. The fourth-order valence-electron chi connectivity index (χ4n) is 1.84. The molecule has 19 heavy (non-hydrogen) atoms. The van der Waals surface area contributed by atoms with E-state index in [1.807, 2.05) is 0 Å². The zero-order chi connectivity index (χ0) is 14.2. The molecular formula is C11H12ClNO4S2. The van der Waals surface area contributed by atoms with Gasteiger partial charge in [-0.2, -0.15) is 4.31 Å². The fourth-order valence-corrected chi connectivity index (χ4v) is 5.46. The van der Waals surface area contributed by atoms with Gasteiger partial charge in [0.1, 0.15) is 6.04 Å². The van der Waals surface area contributed by atoms with E-state index in [-0.39, 0.29) is 16.5 Å². The number of carboxylic acid groups (broad SMARTS) is 1. The van der Waals surface area contributed by atoms with Gasteiger partial charge in [0.2, 0.25) is 10.0 Å². The zero-order valence-electron chi connectivity index (χ0n) is 10.0. The van der Waals surface area contributed by atoms with E-state index >= 15 is 0 Å². The Morgan fingerprint density at radius 3 is 2.84 bits per heavy atom. The van der Waals surface area contributed by atoms with E-state index in [4.69, 9.17) is 16.7 Å². The van der Waals surface area contributed by atoms with Gasteiger partial charge in [0, 0.05) is 10.8 Å². The van der Waals surface area contributed by atoms with E-state index in [1.54, 1.807) is 19.1 Å². The number of sulfonamides is 1. The minimum atomic E-state index is -3.84. The molecule has 5 nitrogen and oxygen atoms in total. The Morgan fingerprint density at radius 2 is 2.21 bits per heavy atom. The lowest BCUT2D eigenvalue weighted by Gasteiger charge is -2.21. The van der Waals surface area contributed by atoms with Crippen LogP contribution in [-0.4, -0.2) is 41.5 Å². The van der Waals surface area contributed by atoms with Crippen molar-refractivity contribution in [3.63, 3.8) is 0 Å². The molecule has 2 rings (SSSR count). The van der Waals surface area contributed by atoms with Crippen molar-refractivity contribution in [2.75, 3.05) is 11.6 Å². The van der Waals surface area contributed by atoms with E-state index in [2.05, 4.69) is 0 Å². The van der Waals surface area contributed by atoms with Crippen LogP contribution in [0.25, 0.3) is 0 Å². The van der Waals surface area contributed by atoms with Gasteiger partial charge in [0.25, 0.3) is 0 Å². The predicted octanol–water partition coefficient (Wildman–Crippen LogP) is 1.80. The average Bonchev–Trinajstić information content (AvgIpc) is 2.82. The van der Waals surface area contributed by atoms with Gasteiger partial charge in [0.05, 0.1) is 10.8 Å². The number of benzene rings is 1. The molecule has 1 aromatic rings. The first-order chi connectivity index (χ1) is 8.84. The number of hydrogen-bond acceptors (Lipinski definition) is 4. The lowest BCUT2D eigenvalue weighted by molar-refractivity contribution is -0.140. The van der Waals surface area contributed by atoms with Crippen LogP contribution in [0.4, 0.5) is 0 Å². The summed E-state index contributed by atoms with van der Waals surface area (Å²) in [6.45, 7) is 1.65. The Balaban J connectivity index is 2.48. The number of hydrogen-bond donors (Lipinski definition) is 1. The summed E-state index contributed by atoms with van der Waals surface area (Å²) in [6, 6.07) is 3.54. The van der Waals surface area contributed by atoms with Gasteiger partial charge < -0.3 is 5.11 Å². The summed E-state index contributed by atoms with van der Waals surface area (Å²) < 4.78 is 26.0.